The predicted octanol–water partition coefficient (Wildman–Crippen LogP) is 2.57. The molecule has 0 aliphatic rings. The van der Waals surface area contributed by atoms with E-state index in [0.29, 0.717) is 23.6 Å². The van der Waals surface area contributed by atoms with Crippen molar-refractivity contribution in [3.8, 4) is 11.4 Å². The summed E-state index contributed by atoms with van der Waals surface area (Å²) >= 11 is 0. The Labute approximate surface area is 138 Å². The molecule has 1 aromatic carbocycles. The minimum atomic E-state index is -0.754. The number of aromatic nitrogens is 2. The topological polar surface area (TPSA) is 101 Å². The van der Waals surface area contributed by atoms with Crippen molar-refractivity contribution in [1.82, 2.24) is 15.5 Å². The highest BCUT2D eigenvalue weighted by molar-refractivity contribution is 5.94. The average molecular weight is 327 g/mol. The van der Waals surface area contributed by atoms with E-state index in [0.717, 1.165) is 5.56 Å². The summed E-state index contributed by atoms with van der Waals surface area (Å²) in [5.41, 5.74) is 1.28. The van der Waals surface area contributed by atoms with Gasteiger partial charge in [0.05, 0.1) is 6.26 Å². The van der Waals surface area contributed by atoms with Gasteiger partial charge in [-0.1, -0.05) is 17.3 Å². The lowest BCUT2D eigenvalue weighted by atomic mass is 10.1. The van der Waals surface area contributed by atoms with Crippen LogP contribution in [0.1, 0.15) is 35.6 Å². The average Bonchev–Trinajstić information content (AvgIpc) is 3.28. The maximum Gasteiger partial charge on any atom is 0.251 e. The van der Waals surface area contributed by atoms with Gasteiger partial charge < -0.3 is 19.4 Å². The summed E-state index contributed by atoms with van der Waals surface area (Å²) in [5.74, 6) is 0.742. The first-order valence-electron chi connectivity index (χ1n) is 7.52. The molecule has 2 aromatic heterocycles. The number of carbonyl (C=O) groups is 1. The zero-order valence-electron chi connectivity index (χ0n) is 13.0. The van der Waals surface area contributed by atoms with Gasteiger partial charge in [0, 0.05) is 23.6 Å². The fourth-order valence-corrected chi connectivity index (χ4v) is 2.37. The molecule has 0 aliphatic carbocycles. The molecule has 0 fully saturated rings. The Bertz CT molecular complexity index is 767. The molecule has 0 spiro atoms. The number of hydrogen-bond donors (Lipinski definition) is 2. The van der Waals surface area contributed by atoms with Gasteiger partial charge in [0.2, 0.25) is 12.2 Å². The van der Waals surface area contributed by atoms with Crippen molar-refractivity contribution in [3.05, 3.63) is 60.4 Å². The summed E-state index contributed by atoms with van der Waals surface area (Å²) in [4.78, 5) is 16.2. The van der Waals surface area contributed by atoms with Gasteiger partial charge in [-0.3, -0.25) is 4.79 Å². The number of amides is 1. The third-order valence-electron chi connectivity index (χ3n) is 3.59. The minimum absolute atomic E-state index is 0.213. The van der Waals surface area contributed by atoms with Crippen LogP contribution in [0.2, 0.25) is 0 Å². The van der Waals surface area contributed by atoms with Crippen LogP contribution in [0.5, 0.6) is 0 Å². The standard InChI is InChI=1S/C17H17N3O4/c1-11(9-14(21)15-3-2-8-23-15)19-17(22)13-6-4-12(5-7-13)16-18-10-24-20-16/h2-8,10-11,14,21H,9H2,1H3,(H,19,22). The van der Waals surface area contributed by atoms with Gasteiger partial charge in [-0.25, -0.2) is 0 Å². The van der Waals surface area contributed by atoms with Crippen molar-refractivity contribution in [2.24, 2.45) is 0 Å². The molecule has 0 saturated heterocycles. The van der Waals surface area contributed by atoms with E-state index in [4.69, 9.17) is 8.94 Å². The molecule has 0 aliphatic heterocycles. The third kappa shape index (κ3) is 3.69. The second-order valence-corrected chi connectivity index (χ2v) is 5.47. The number of aliphatic hydroxyl groups is 1. The molecule has 7 heteroatoms. The molecule has 3 rings (SSSR count). The molecule has 2 N–H and O–H groups in total. The summed E-state index contributed by atoms with van der Waals surface area (Å²) in [6.07, 6.45) is 2.37. The Morgan fingerprint density at radius 3 is 2.71 bits per heavy atom. The van der Waals surface area contributed by atoms with Crippen LogP contribution in [0.25, 0.3) is 11.4 Å². The summed E-state index contributed by atoms with van der Waals surface area (Å²) in [6, 6.07) is 10.1. The molecule has 1 amide bonds. The van der Waals surface area contributed by atoms with Gasteiger partial charge in [-0.15, -0.1) is 0 Å². The van der Waals surface area contributed by atoms with E-state index in [1.807, 2.05) is 6.92 Å². The molecule has 7 nitrogen and oxygen atoms in total. The normalized spacial score (nSPS) is 13.4. The molecule has 0 bridgehead atoms. The number of rotatable bonds is 6. The predicted molar refractivity (Wildman–Crippen MR) is 84.9 cm³/mol. The molecule has 2 unspecified atom stereocenters. The van der Waals surface area contributed by atoms with Crippen molar-refractivity contribution in [1.29, 1.82) is 0 Å². The van der Waals surface area contributed by atoms with Gasteiger partial charge in [0.1, 0.15) is 11.9 Å². The van der Waals surface area contributed by atoms with Crippen LogP contribution < -0.4 is 5.32 Å². The first kappa shape index (κ1) is 15.9. The van der Waals surface area contributed by atoms with Crippen molar-refractivity contribution < 1.29 is 18.8 Å². The molecular formula is C17H17N3O4. The number of carbonyl (C=O) groups excluding carboxylic acids is 1. The number of aliphatic hydroxyl groups excluding tert-OH is 1. The Balaban J connectivity index is 1.58. The first-order valence-corrected chi connectivity index (χ1v) is 7.52. The van der Waals surface area contributed by atoms with Crippen molar-refractivity contribution in [2.75, 3.05) is 0 Å². The lowest BCUT2D eigenvalue weighted by molar-refractivity contribution is 0.0903. The highest BCUT2D eigenvalue weighted by Gasteiger charge is 2.17. The fraction of sp³-hybridized carbons (Fsp3) is 0.235. The Kier molecular flexibility index (Phi) is 4.72. The Hall–Kier alpha value is -2.93. The first-order chi connectivity index (χ1) is 11.6. The SMILES string of the molecule is CC(CC(O)c1ccco1)NC(=O)c1ccc(-c2ncon2)cc1. The van der Waals surface area contributed by atoms with Gasteiger partial charge in [-0.2, -0.15) is 4.98 Å². The van der Waals surface area contributed by atoms with Gasteiger partial charge >= 0.3 is 0 Å². The second-order valence-electron chi connectivity index (χ2n) is 5.47. The van der Waals surface area contributed by atoms with E-state index in [2.05, 4.69) is 15.5 Å². The fourth-order valence-electron chi connectivity index (χ4n) is 2.37. The molecule has 2 atom stereocenters. The molecule has 2 heterocycles. The molecule has 3 aromatic rings. The van der Waals surface area contributed by atoms with Crippen molar-refractivity contribution >= 4 is 5.91 Å². The third-order valence-corrected chi connectivity index (χ3v) is 3.59. The van der Waals surface area contributed by atoms with Crippen molar-refractivity contribution in [2.45, 2.75) is 25.5 Å². The molecule has 124 valence electrons. The molecule has 0 saturated carbocycles. The van der Waals surface area contributed by atoms with Crippen LogP contribution in [0, 0.1) is 0 Å². The number of benzene rings is 1. The minimum Gasteiger partial charge on any atom is -0.467 e. The van der Waals surface area contributed by atoms with E-state index < -0.39 is 6.10 Å². The molecule has 24 heavy (non-hydrogen) atoms. The van der Waals surface area contributed by atoms with Crippen LogP contribution in [-0.4, -0.2) is 27.2 Å². The van der Waals surface area contributed by atoms with Crippen LogP contribution in [0.3, 0.4) is 0 Å². The lowest BCUT2D eigenvalue weighted by Crippen LogP contribution is -2.33. The number of nitrogens with one attached hydrogen (secondary N) is 1. The number of furan rings is 1. The zero-order valence-corrected chi connectivity index (χ0v) is 13.0. The monoisotopic (exact) mass is 327 g/mol. The summed E-state index contributed by atoms with van der Waals surface area (Å²) in [6.45, 7) is 1.83. The summed E-state index contributed by atoms with van der Waals surface area (Å²) < 4.78 is 9.85. The smallest absolute Gasteiger partial charge is 0.251 e. The van der Waals surface area contributed by atoms with E-state index in [-0.39, 0.29) is 11.9 Å². The van der Waals surface area contributed by atoms with Gasteiger partial charge in [0.25, 0.3) is 5.91 Å². The zero-order chi connectivity index (χ0) is 16.9. The van der Waals surface area contributed by atoms with E-state index in [1.54, 1.807) is 36.4 Å². The van der Waals surface area contributed by atoms with E-state index in [9.17, 15) is 9.90 Å². The van der Waals surface area contributed by atoms with Gasteiger partial charge in [0.15, 0.2) is 0 Å². The maximum absolute atomic E-state index is 12.3. The lowest BCUT2D eigenvalue weighted by Gasteiger charge is -2.16. The van der Waals surface area contributed by atoms with Crippen molar-refractivity contribution in [3.63, 3.8) is 0 Å². The summed E-state index contributed by atoms with van der Waals surface area (Å²) in [7, 11) is 0. The van der Waals surface area contributed by atoms with E-state index in [1.165, 1.54) is 12.7 Å². The highest BCUT2D eigenvalue weighted by Crippen LogP contribution is 2.19. The quantitative estimate of drug-likeness (QED) is 0.721. The second kappa shape index (κ2) is 7.10. The maximum atomic E-state index is 12.3. The molecule has 0 radical (unpaired) electrons. The van der Waals surface area contributed by atoms with Crippen LogP contribution in [0.15, 0.2) is 58.0 Å². The van der Waals surface area contributed by atoms with E-state index >= 15 is 0 Å². The molecular weight excluding hydrogens is 310 g/mol. The Morgan fingerprint density at radius 2 is 2.08 bits per heavy atom. The summed E-state index contributed by atoms with van der Waals surface area (Å²) in [5, 5.41) is 16.6. The van der Waals surface area contributed by atoms with Crippen LogP contribution >= 0.6 is 0 Å². The largest absolute Gasteiger partial charge is 0.467 e. The van der Waals surface area contributed by atoms with Crippen LogP contribution in [-0.2, 0) is 0 Å². The number of hydrogen-bond acceptors (Lipinski definition) is 6. The van der Waals surface area contributed by atoms with Crippen LogP contribution in [0.4, 0.5) is 0 Å². The van der Waals surface area contributed by atoms with Gasteiger partial charge in [-0.05, 0) is 31.2 Å². The Morgan fingerprint density at radius 1 is 1.29 bits per heavy atom. The number of nitrogens with zero attached hydrogens (tertiary/aromatic N) is 2. The highest BCUT2D eigenvalue weighted by atomic mass is 16.5.